The third kappa shape index (κ3) is 11.1. The molecule has 0 aliphatic carbocycles. The Morgan fingerprint density at radius 1 is 0.733 bits per heavy atom. The number of hydrogen-bond acceptors (Lipinski definition) is 4. The summed E-state index contributed by atoms with van der Waals surface area (Å²) in [5.74, 6) is -0.811. The number of hydrogen-bond donors (Lipinski definition) is 0. The molecule has 4 nitrogen and oxygen atoms in total. The molecule has 0 spiro atoms. The fourth-order valence-corrected chi connectivity index (χ4v) is 3.71. The summed E-state index contributed by atoms with van der Waals surface area (Å²) in [7, 11) is 0. The predicted molar refractivity (Wildman–Crippen MR) is 124 cm³/mol. The molecule has 0 aliphatic rings. The minimum absolute atomic E-state index is 0.0314. The molecule has 0 unspecified atom stereocenters. The standard InChI is InChI=1S/C22H30Cl4O4/c1-2-3-4-5-6-7-8-11-14-29-18(27)12-9-10-13-19(28)30-22-20(25)16(23)15-17(24)21(22)26/h15H,2-14H2,1H3. The highest BCUT2D eigenvalue weighted by Gasteiger charge is 2.18. The van der Waals surface area contributed by atoms with E-state index in [4.69, 9.17) is 55.9 Å². The normalized spacial score (nSPS) is 10.8. The minimum Gasteiger partial charge on any atom is -0.466 e. The van der Waals surface area contributed by atoms with Gasteiger partial charge in [-0.05, 0) is 25.3 Å². The van der Waals surface area contributed by atoms with E-state index in [2.05, 4.69) is 6.92 Å². The maximum absolute atomic E-state index is 12.0. The van der Waals surface area contributed by atoms with E-state index in [1.165, 1.54) is 44.6 Å². The average Bonchev–Trinajstić information content (AvgIpc) is 2.71. The Hall–Kier alpha value is -0.680. The maximum atomic E-state index is 12.0. The topological polar surface area (TPSA) is 52.6 Å². The summed E-state index contributed by atoms with van der Waals surface area (Å²) in [5, 5.41) is 0.356. The zero-order chi connectivity index (χ0) is 22.4. The molecule has 0 heterocycles. The van der Waals surface area contributed by atoms with Gasteiger partial charge in [0, 0.05) is 12.8 Å². The molecule has 1 aromatic carbocycles. The van der Waals surface area contributed by atoms with E-state index in [0.717, 1.165) is 12.8 Å². The monoisotopic (exact) mass is 498 g/mol. The van der Waals surface area contributed by atoms with Crippen LogP contribution in [0.1, 0.15) is 84.0 Å². The van der Waals surface area contributed by atoms with Gasteiger partial charge in [-0.15, -0.1) is 0 Å². The summed E-state index contributed by atoms with van der Waals surface area (Å²) in [6.45, 7) is 2.67. The van der Waals surface area contributed by atoms with Crippen LogP contribution in [0, 0.1) is 0 Å². The van der Waals surface area contributed by atoms with Gasteiger partial charge < -0.3 is 9.47 Å². The number of rotatable bonds is 15. The van der Waals surface area contributed by atoms with Gasteiger partial charge in [0.15, 0.2) is 5.75 Å². The van der Waals surface area contributed by atoms with E-state index >= 15 is 0 Å². The van der Waals surface area contributed by atoms with Crippen LogP contribution in [0.25, 0.3) is 0 Å². The fraction of sp³-hybridized carbons (Fsp3) is 0.636. The Labute approximate surface area is 199 Å². The molecule has 30 heavy (non-hydrogen) atoms. The van der Waals surface area contributed by atoms with Gasteiger partial charge in [-0.25, -0.2) is 0 Å². The highest BCUT2D eigenvalue weighted by atomic mass is 35.5. The van der Waals surface area contributed by atoms with E-state index in [0.29, 0.717) is 19.4 Å². The third-order valence-corrected chi connectivity index (χ3v) is 6.10. The Kier molecular flexibility index (Phi) is 14.6. The van der Waals surface area contributed by atoms with Crippen molar-refractivity contribution in [3.8, 4) is 5.75 Å². The van der Waals surface area contributed by atoms with Gasteiger partial charge in [-0.3, -0.25) is 9.59 Å². The first-order chi connectivity index (χ1) is 14.4. The zero-order valence-corrected chi connectivity index (χ0v) is 20.4. The number of carbonyl (C=O) groups excluding carboxylic acids is 2. The fourth-order valence-electron chi connectivity index (χ4n) is 2.84. The second-order valence-corrected chi connectivity index (χ2v) is 8.74. The molecule has 0 radical (unpaired) electrons. The van der Waals surface area contributed by atoms with Gasteiger partial charge in [0.25, 0.3) is 0 Å². The Morgan fingerprint density at radius 2 is 1.23 bits per heavy atom. The van der Waals surface area contributed by atoms with Crippen LogP contribution in [0.5, 0.6) is 5.75 Å². The van der Waals surface area contributed by atoms with Gasteiger partial charge in [0.05, 0.1) is 16.7 Å². The molecule has 0 aliphatic heterocycles. The molecule has 1 aromatic rings. The van der Waals surface area contributed by atoms with Crippen LogP contribution in [0.2, 0.25) is 20.1 Å². The number of carbonyl (C=O) groups is 2. The van der Waals surface area contributed by atoms with Crippen molar-refractivity contribution in [1.82, 2.24) is 0 Å². The van der Waals surface area contributed by atoms with Crippen molar-refractivity contribution in [3.05, 3.63) is 26.2 Å². The quantitative estimate of drug-likeness (QED) is 0.105. The summed E-state index contributed by atoms with van der Waals surface area (Å²) < 4.78 is 10.4. The van der Waals surface area contributed by atoms with Crippen LogP contribution in [0.15, 0.2) is 6.07 Å². The molecule has 0 saturated carbocycles. The number of ether oxygens (including phenoxy) is 2. The van der Waals surface area contributed by atoms with E-state index in [1.54, 1.807) is 0 Å². The van der Waals surface area contributed by atoms with Crippen LogP contribution >= 0.6 is 46.4 Å². The first-order valence-electron chi connectivity index (χ1n) is 10.6. The van der Waals surface area contributed by atoms with E-state index in [-0.39, 0.29) is 44.7 Å². The molecule has 0 fully saturated rings. The molecular formula is C22H30Cl4O4. The van der Waals surface area contributed by atoms with Crippen LogP contribution < -0.4 is 4.74 Å². The number of benzene rings is 1. The largest absolute Gasteiger partial charge is 0.466 e. The van der Waals surface area contributed by atoms with Crippen molar-refractivity contribution in [2.24, 2.45) is 0 Å². The molecule has 0 bridgehead atoms. The van der Waals surface area contributed by atoms with Crippen molar-refractivity contribution < 1.29 is 19.1 Å². The number of unbranched alkanes of at least 4 members (excludes halogenated alkanes) is 8. The van der Waals surface area contributed by atoms with Crippen molar-refractivity contribution in [1.29, 1.82) is 0 Å². The maximum Gasteiger partial charge on any atom is 0.311 e. The van der Waals surface area contributed by atoms with Crippen molar-refractivity contribution in [2.75, 3.05) is 6.61 Å². The summed E-state index contributed by atoms with van der Waals surface area (Å²) in [6.07, 6.45) is 11.0. The second-order valence-electron chi connectivity index (χ2n) is 7.17. The van der Waals surface area contributed by atoms with Crippen molar-refractivity contribution in [3.63, 3.8) is 0 Å². The van der Waals surface area contributed by atoms with Crippen LogP contribution in [0.3, 0.4) is 0 Å². The average molecular weight is 500 g/mol. The smallest absolute Gasteiger partial charge is 0.311 e. The molecule has 0 saturated heterocycles. The first kappa shape index (κ1) is 27.4. The molecule has 0 aromatic heterocycles. The SMILES string of the molecule is CCCCCCCCCCOC(=O)CCCCC(=O)Oc1c(Cl)c(Cl)cc(Cl)c1Cl. The van der Waals surface area contributed by atoms with E-state index in [9.17, 15) is 9.59 Å². The Balaban J connectivity index is 2.12. The van der Waals surface area contributed by atoms with Crippen molar-refractivity contribution in [2.45, 2.75) is 84.0 Å². The lowest BCUT2D eigenvalue weighted by Gasteiger charge is -2.10. The van der Waals surface area contributed by atoms with Crippen LogP contribution in [0.4, 0.5) is 0 Å². The predicted octanol–water partition coefficient (Wildman–Crippen LogP) is 8.45. The van der Waals surface area contributed by atoms with Gasteiger partial charge in [0.1, 0.15) is 10.0 Å². The lowest BCUT2D eigenvalue weighted by molar-refractivity contribution is -0.144. The van der Waals surface area contributed by atoms with Gasteiger partial charge >= 0.3 is 11.9 Å². The lowest BCUT2D eigenvalue weighted by Crippen LogP contribution is -2.10. The van der Waals surface area contributed by atoms with Gasteiger partial charge in [-0.1, -0.05) is 98.3 Å². The Bertz CT molecular complexity index is 653. The third-order valence-electron chi connectivity index (χ3n) is 4.56. The molecule has 170 valence electrons. The molecule has 1 rings (SSSR count). The Morgan fingerprint density at radius 3 is 1.80 bits per heavy atom. The van der Waals surface area contributed by atoms with Gasteiger partial charge in [-0.2, -0.15) is 0 Å². The summed E-state index contributed by atoms with van der Waals surface area (Å²) in [6, 6.07) is 1.38. The summed E-state index contributed by atoms with van der Waals surface area (Å²) in [4.78, 5) is 23.7. The van der Waals surface area contributed by atoms with E-state index in [1.807, 2.05) is 0 Å². The molecule has 0 atom stereocenters. The van der Waals surface area contributed by atoms with Crippen LogP contribution in [-0.2, 0) is 14.3 Å². The lowest BCUT2D eigenvalue weighted by atomic mass is 10.1. The van der Waals surface area contributed by atoms with E-state index < -0.39 is 5.97 Å². The molecule has 8 heteroatoms. The minimum atomic E-state index is -0.524. The zero-order valence-electron chi connectivity index (χ0n) is 17.4. The number of halogens is 4. The first-order valence-corrected chi connectivity index (χ1v) is 12.1. The summed E-state index contributed by atoms with van der Waals surface area (Å²) in [5.41, 5.74) is 0. The second kappa shape index (κ2) is 16.0. The molecule has 0 amide bonds. The van der Waals surface area contributed by atoms with Crippen molar-refractivity contribution >= 4 is 58.3 Å². The highest BCUT2D eigenvalue weighted by Crippen LogP contribution is 2.42. The molecular weight excluding hydrogens is 470 g/mol. The highest BCUT2D eigenvalue weighted by molar-refractivity contribution is 6.48. The van der Waals surface area contributed by atoms with Gasteiger partial charge in [0.2, 0.25) is 0 Å². The molecule has 0 N–H and O–H groups in total. The summed E-state index contributed by atoms with van der Waals surface area (Å²) >= 11 is 23.9. The number of esters is 2. The van der Waals surface area contributed by atoms with Crippen LogP contribution in [-0.4, -0.2) is 18.5 Å².